The quantitative estimate of drug-likeness (QED) is 0.791. The zero-order valence-corrected chi connectivity index (χ0v) is 9.24. The van der Waals surface area contributed by atoms with Crippen molar-refractivity contribution >= 4 is 11.4 Å². The maximum atomic E-state index is 11.4. The monoisotopic (exact) mass is 226 g/mol. The summed E-state index contributed by atoms with van der Waals surface area (Å²) in [5.41, 5.74) is 0. The van der Waals surface area contributed by atoms with Crippen LogP contribution in [0.15, 0.2) is 30.3 Å². The van der Waals surface area contributed by atoms with E-state index in [1.54, 1.807) is 12.1 Å². The first-order valence-corrected chi connectivity index (χ1v) is 6.17. The standard InChI is InChI=1S/C11H14O3S/c12-15(14-11-8-4-5-9-11)13-10-6-2-1-3-7-10/h1-3,6-7,11H,4-5,8-9H2. The van der Waals surface area contributed by atoms with E-state index in [2.05, 4.69) is 0 Å². The molecule has 1 aliphatic rings. The normalized spacial score (nSPS) is 18.9. The second kappa shape index (κ2) is 5.28. The fourth-order valence-electron chi connectivity index (χ4n) is 1.67. The molecule has 1 saturated carbocycles. The third-order valence-electron chi connectivity index (χ3n) is 2.42. The smallest absolute Gasteiger partial charge is 0.360 e. The van der Waals surface area contributed by atoms with E-state index in [1.807, 2.05) is 18.2 Å². The molecular weight excluding hydrogens is 212 g/mol. The van der Waals surface area contributed by atoms with E-state index in [1.165, 1.54) is 0 Å². The Morgan fingerprint density at radius 2 is 1.80 bits per heavy atom. The van der Waals surface area contributed by atoms with E-state index in [9.17, 15) is 4.21 Å². The van der Waals surface area contributed by atoms with Crippen LogP contribution in [-0.4, -0.2) is 10.3 Å². The van der Waals surface area contributed by atoms with Crippen molar-refractivity contribution < 1.29 is 12.6 Å². The average Bonchev–Trinajstić information content (AvgIpc) is 2.71. The SMILES string of the molecule is O=S(Oc1ccccc1)OC1CCCC1. The molecule has 15 heavy (non-hydrogen) atoms. The van der Waals surface area contributed by atoms with Crippen molar-refractivity contribution in [3.05, 3.63) is 30.3 Å². The Morgan fingerprint density at radius 1 is 1.13 bits per heavy atom. The van der Waals surface area contributed by atoms with E-state index in [0.717, 1.165) is 25.7 Å². The molecule has 0 radical (unpaired) electrons. The molecule has 1 fully saturated rings. The minimum Gasteiger partial charge on any atom is -0.380 e. The molecule has 1 aromatic rings. The molecule has 1 aromatic carbocycles. The van der Waals surface area contributed by atoms with Crippen LogP contribution in [0.5, 0.6) is 5.75 Å². The van der Waals surface area contributed by atoms with Gasteiger partial charge in [-0.25, -0.2) is 0 Å². The summed E-state index contributed by atoms with van der Waals surface area (Å²) in [6.07, 6.45) is 4.41. The molecule has 0 spiro atoms. The van der Waals surface area contributed by atoms with Crippen molar-refractivity contribution in [3.8, 4) is 5.75 Å². The highest BCUT2D eigenvalue weighted by Crippen LogP contribution is 2.22. The third kappa shape index (κ3) is 3.32. The average molecular weight is 226 g/mol. The first-order chi connectivity index (χ1) is 7.34. The molecular formula is C11H14O3S. The molecule has 82 valence electrons. The molecule has 1 aliphatic carbocycles. The Labute approximate surface area is 92.3 Å². The molecule has 0 heterocycles. The summed E-state index contributed by atoms with van der Waals surface area (Å²) in [6.45, 7) is 0. The molecule has 1 atom stereocenters. The molecule has 2 rings (SSSR count). The van der Waals surface area contributed by atoms with Gasteiger partial charge in [-0.1, -0.05) is 31.0 Å². The molecule has 3 nitrogen and oxygen atoms in total. The Balaban J connectivity index is 1.82. The van der Waals surface area contributed by atoms with E-state index in [4.69, 9.17) is 8.37 Å². The minimum atomic E-state index is -1.66. The molecule has 0 amide bonds. The predicted molar refractivity (Wildman–Crippen MR) is 58.6 cm³/mol. The van der Waals surface area contributed by atoms with Crippen LogP contribution in [0.25, 0.3) is 0 Å². The maximum Gasteiger partial charge on any atom is 0.360 e. The highest BCUT2D eigenvalue weighted by molar-refractivity contribution is 7.75. The fraction of sp³-hybridized carbons (Fsp3) is 0.455. The summed E-state index contributed by atoms with van der Waals surface area (Å²) in [5.74, 6) is 0.578. The number of benzene rings is 1. The second-order valence-corrected chi connectivity index (χ2v) is 4.37. The van der Waals surface area contributed by atoms with Gasteiger partial charge in [0.1, 0.15) is 5.75 Å². The van der Waals surface area contributed by atoms with Gasteiger partial charge < -0.3 is 4.18 Å². The highest BCUT2D eigenvalue weighted by atomic mass is 32.2. The van der Waals surface area contributed by atoms with Gasteiger partial charge in [-0.15, -0.1) is 0 Å². The topological polar surface area (TPSA) is 35.5 Å². The van der Waals surface area contributed by atoms with Gasteiger partial charge in [0.25, 0.3) is 0 Å². The van der Waals surface area contributed by atoms with E-state index in [0.29, 0.717) is 5.75 Å². The van der Waals surface area contributed by atoms with Gasteiger partial charge in [-0.2, -0.15) is 4.21 Å². The number of hydrogen-bond donors (Lipinski definition) is 0. The van der Waals surface area contributed by atoms with Crippen LogP contribution in [0.2, 0.25) is 0 Å². The maximum absolute atomic E-state index is 11.4. The summed E-state index contributed by atoms with van der Waals surface area (Å²) in [4.78, 5) is 0. The van der Waals surface area contributed by atoms with Crippen LogP contribution in [0.1, 0.15) is 25.7 Å². The summed E-state index contributed by atoms with van der Waals surface area (Å²) >= 11 is -1.66. The van der Waals surface area contributed by atoms with Crippen LogP contribution < -0.4 is 4.18 Å². The van der Waals surface area contributed by atoms with Crippen molar-refractivity contribution in [1.29, 1.82) is 0 Å². The van der Waals surface area contributed by atoms with Crippen molar-refractivity contribution in [2.24, 2.45) is 0 Å². The molecule has 0 aromatic heterocycles. The van der Waals surface area contributed by atoms with Crippen molar-refractivity contribution in [3.63, 3.8) is 0 Å². The molecule has 0 aliphatic heterocycles. The van der Waals surface area contributed by atoms with Crippen LogP contribution in [0.4, 0.5) is 0 Å². The Hall–Kier alpha value is -0.870. The largest absolute Gasteiger partial charge is 0.380 e. The lowest BCUT2D eigenvalue weighted by molar-refractivity contribution is 0.214. The van der Waals surface area contributed by atoms with E-state index < -0.39 is 11.4 Å². The zero-order valence-electron chi connectivity index (χ0n) is 8.43. The van der Waals surface area contributed by atoms with Gasteiger partial charge in [-0.05, 0) is 25.0 Å². The van der Waals surface area contributed by atoms with Crippen LogP contribution in [0, 0.1) is 0 Å². The lowest BCUT2D eigenvalue weighted by Crippen LogP contribution is -2.13. The van der Waals surface area contributed by atoms with Gasteiger partial charge in [0, 0.05) is 0 Å². The zero-order chi connectivity index (χ0) is 10.5. The molecule has 0 saturated heterocycles. The first kappa shape index (κ1) is 10.6. The van der Waals surface area contributed by atoms with Crippen molar-refractivity contribution in [2.75, 3.05) is 0 Å². The van der Waals surface area contributed by atoms with Crippen LogP contribution in [-0.2, 0) is 15.5 Å². The summed E-state index contributed by atoms with van der Waals surface area (Å²) in [5, 5.41) is 0. The Morgan fingerprint density at radius 3 is 2.47 bits per heavy atom. The molecule has 0 bridgehead atoms. The van der Waals surface area contributed by atoms with Gasteiger partial charge in [-0.3, -0.25) is 4.18 Å². The molecule has 0 N–H and O–H groups in total. The first-order valence-electron chi connectivity index (χ1n) is 5.17. The number of para-hydroxylation sites is 1. The fourth-order valence-corrected chi connectivity index (χ4v) is 2.39. The van der Waals surface area contributed by atoms with Gasteiger partial charge >= 0.3 is 11.4 Å². The lowest BCUT2D eigenvalue weighted by Gasteiger charge is -2.09. The second-order valence-electron chi connectivity index (χ2n) is 3.60. The minimum absolute atomic E-state index is 0.106. The van der Waals surface area contributed by atoms with Crippen LogP contribution in [0.3, 0.4) is 0 Å². The molecule has 4 heteroatoms. The van der Waals surface area contributed by atoms with Crippen molar-refractivity contribution in [2.45, 2.75) is 31.8 Å². The summed E-state index contributed by atoms with van der Waals surface area (Å²) < 4.78 is 21.8. The van der Waals surface area contributed by atoms with E-state index >= 15 is 0 Å². The molecule has 1 unspecified atom stereocenters. The number of hydrogen-bond acceptors (Lipinski definition) is 3. The predicted octanol–water partition coefficient (Wildman–Crippen LogP) is 2.60. The van der Waals surface area contributed by atoms with Crippen LogP contribution >= 0.6 is 0 Å². The highest BCUT2D eigenvalue weighted by Gasteiger charge is 2.19. The Kier molecular flexibility index (Phi) is 3.75. The van der Waals surface area contributed by atoms with Crippen molar-refractivity contribution in [1.82, 2.24) is 0 Å². The third-order valence-corrected chi connectivity index (χ3v) is 3.18. The van der Waals surface area contributed by atoms with Gasteiger partial charge in [0.2, 0.25) is 0 Å². The van der Waals surface area contributed by atoms with Gasteiger partial charge in [0.05, 0.1) is 6.10 Å². The summed E-state index contributed by atoms with van der Waals surface area (Å²) in [7, 11) is 0. The number of rotatable bonds is 4. The summed E-state index contributed by atoms with van der Waals surface area (Å²) in [6, 6.07) is 9.07. The van der Waals surface area contributed by atoms with Gasteiger partial charge in [0.15, 0.2) is 0 Å². The Bertz CT molecular complexity index is 320. The van der Waals surface area contributed by atoms with E-state index in [-0.39, 0.29) is 6.10 Å². The lowest BCUT2D eigenvalue weighted by atomic mass is 10.3.